The second-order valence-electron chi connectivity index (χ2n) is 6.08. The average Bonchev–Trinajstić information content (AvgIpc) is 2.79. The van der Waals surface area contributed by atoms with Gasteiger partial charge in [-0.05, 0) is 86.6 Å². The van der Waals surface area contributed by atoms with Gasteiger partial charge in [0.05, 0.1) is 16.4 Å². The molecule has 1 saturated heterocycles. The van der Waals surface area contributed by atoms with Gasteiger partial charge >= 0.3 is 0 Å². The van der Waals surface area contributed by atoms with Gasteiger partial charge in [0.15, 0.2) is 0 Å². The van der Waals surface area contributed by atoms with Gasteiger partial charge in [0.1, 0.15) is 5.82 Å². The number of piperidine rings is 1. The molecule has 1 atom stereocenters. The molecule has 2 heterocycles. The highest BCUT2D eigenvalue weighted by atomic mass is 127. The highest BCUT2D eigenvalue weighted by Crippen LogP contribution is 2.28. The number of alkyl halides is 1. The molecule has 1 aromatic carbocycles. The molecule has 0 amide bonds. The maximum Gasteiger partial charge on any atom is 0.127 e. The topological polar surface area (TPSA) is 21.1 Å². The molecule has 0 saturated carbocycles. The van der Waals surface area contributed by atoms with Crippen molar-refractivity contribution in [3.8, 4) is 0 Å². The lowest BCUT2D eigenvalue weighted by Crippen LogP contribution is -2.32. The summed E-state index contributed by atoms with van der Waals surface area (Å²) in [6.07, 6.45) is 2.52. The third-order valence-electron chi connectivity index (χ3n) is 4.37. The number of likely N-dealkylation sites (tertiary alicyclic amines) is 1. The first kappa shape index (κ1) is 15.6. The molecule has 0 radical (unpaired) electrons. The Morgan fingerprint density at radius 2 is 2.10 bits per heavy atom. The number of halogens is 2. The molecule has 0 aliphatic carbocycles. The quantitative estimate of drug-likeness (QED) is 0.549. The molecule has 0 bridgehead atoms. The Morgan fingerprint density at radius 1 is 1.38 bits per heavy atom. The van der Waals surface area contributed by atoms with E-state index in [1.807, 2.05) is 6.92 Å². The van der Waals surface area contributed by atoms with E-state index < -0.39 is 0 Å². The van der Waals surface area contributed by atoms with E-state index in [1.165, 1.54) is 35.0 Å². The molecule has 21 heavy (non-hydrogen) atoms. The fourth-order valence-corrected chi connectivity index (χ4v) is 3.76. The van der Waals surface area contributed by atoms with E-state index in [0.29, 0.717) is 0 Å². The lowest BCUT2D eigenvalue weighted by molar-refractivity contribution is 0.205. The summed E-state index contributed by atoms with van der Waals surface area (Å²) in [7, 11) is 2.21. The monoisotopic (exact) mass is 417 g/mol. The van der Waals surface area contributed by atoms with Crippen molar-refractivity contribution in [2.75, 3.05) is 20.1 Å². The lowest BCUT2D eigenvalue weighted by Gasteiger charge is -2.29. The van der Waals surface area contributed by atoms with Crippen molar-refractivity contribution in [2.45, 2.75) is 31.7 Å². The van der Waals surface area contributed by atoms with Crippen LogP contribution in [0.5, 0.6) is 0 Å². The van der Waals surface area contributed by atoms with Crippen LogP contribution in [0.1, 0.15) is 31.0 Å². The van der Waals surface area contributed by atoms with E-state index in [4.69, 9.17) is 16.6 Å². The maximum atomic E-state index is 6.37. The van der Waals surface area contributed by atoms with Crippen LogP contribution < -0.4 is 0 Å². The van der Waals surface area contributed by atoms with E-state index in [1.54, 1.807) is 0 Å². The van der Waals surface area contributed by atoms with Crippen molar-refractivity contribution in [1.29, 1.82) is 0 Å². The molecule has 5 heteroatoms. The minimum absolute atomic E-state index is 0.0543. The van der Waals surface area contributed by atoms with Gasteiger partial charge < -0.3 is 9.47 Å². The van der Waals surface area contributed by atoms with Crippen molar-refractivity contribution in [2.24, 2.45) is 5.92 Å². The Morgan fingerprint density at radius 3 is 2.76 bits per heavy atom. The standard InChI is InChI=1S/C16H21ClIN3/c1-11(17)16-19-14-9-13(18)3-4-15(14)21(16)10-12-5-7-20(2)8-6-12/h3-4,9,11-12H,5-8,10H2,1-2H3. The zero-order chi connectivity index (χ0) is 15.0. The summed E-state index contributed by atoms with van der Waals surface area (Å²) in [6, 6.07) is 6.48. The SMILES string of the molecule is CC(Cl)c1nc2cc(I)ccc2n1CC1CCN(C)CC1. The summed E-state index contributed by atoms with van der Waals surface area (Å²) < 4.78 is 3.57. The van der Waals surface area contributed by atoms with Crippen LogP contribution in [-0.4, -0.2) is 34.6 Å². The Labute approximate surface area is 144 Å². The minimum atomic E-state index is -0.0543. The number of fused-ring (bicyclic) bond motifs is 1. The molecular formula is C16H21ClIN3. The summed E-state index contributed by atoms with van der Waals surface area (Å²) in [5.74, 6) is 1.74. The number of hydrogen-bond acceptors (Lipinski definition) is 2. The second kappa shape index (κ2) is 6.42. The summed E-state index contributed by atoms with van der Waals surface area (Å²) in [5, 5.41) is -0.0543. The third-order valence-corrected chi connectivity index (χ3v) is 5.24. The number of rotatable bonds is 3. The Bertz CT molecular complexity index is 630. The fourth-order valence-electron chi connectivity index (χ4n) is 3.12. The van der Waals surface area contributed by atoms with Gasteiger partial charge in [0, 0.05) is 10.1 Å². The predicted octanol–water partition coefficient (Wildman–Crippen LogP) is 4.28. The summed E-state index contributed by atoms with van der Waals surface area (Å²) in [6.45, 7) is 5.44. The largest absolute Gasteiger partial charge is 0.326 e. The van der Waals surface area contributed by atoms with Gasteiger partial charge in [0.25, 0.3) is 0 Å². The maximum absolute atomic E-state index is 6.37. The molecule has 1 fully saturated rings. The number of aromatic nitrogens is 2. The van der Waals surface area contributed by atoms with Crippen molar-refractivity contribution >= 4 is 45.2 Å². The summed E-state index contributed by atoms with van der Waals surface area (Å²) in [4.78, 5) is 7.18. The Balaban J connectivity index is 1.93. The van der Waals surface area contributed by atoms with Gasteiger partial charge in [-0.2, -0.15) is 0 Å². The van der Waals surface area contributed by atoms with Gasteiger partial charge in [0.2, 0.25) is 0 Å². The highest BCUT2D eigenvalue weighted by Gasteiger charge is 2.21. The molecule has 3 nitrogen and oxygen atoms in total. The first-order valence-electron chi connectivity index (χ1n) is 7.53. The van der Waals surface area contributed by atoms with E-state index in [-0.39, 0.29) is 5.38 Å². The summed E-state index contributed by atoms with van der Waals surface area (Å²) in [5.41, 5.74) is 2.29. The van der Waals surface area contributed by atoms with E-state index in [0.717, 1.165) is 23.8 Å². The lowest BCUT2D eigenvalue weighted by atomic mass is 9.97. The Kier molecular flexibility index (Phi) is 4.76. The van der Waals surface area contributed by atoms with Crippen molar-refractivity contribution in [1.82, 2.24) is 14.5 Å². The van der Waals surface area contributed by atoms with Crippen LogP contribution in [0.3, 0.4) is 0 Å². The van der Waals surface area contributed by atoms with Crippen LogP contribution in [0.2, 0.25) is 0 Å². The Hall–Kier alpha value is -0.330. The normalized spacial score (nSPS) is 19.2. The van der Waals surface area contributed by atoms with Crippen LogP contribution in [0.4, 0.5) is 0 Å². The highest BCUT2D eigenvalue weighted by molar-refractivity contribution is 14.1. The van der Waals surface area contributed by atoms with Crippen LogP contribution in [0.15, 0.2) is 18.2 Å². The van der Waals surface area contributed by atoms with Crippen LogP contribution in [-0.2, 0) is 6.54 Å². The molecule has 0 spiro atoms. The van der Waals surface area contributed by atoms with Gasteiger partial charge in [-0.1, -0.05) is 0 Å². The molecule has 2 aromatic rings. The predicted molar refractivity (Wildman–Crippen MR) is 96.9 cm³/mol. The number of hydrogen-bond donors (Lipinski definition) is 0. The zero-order valence-electron chi connectivity index (χ0n) is 12.5. The summed E-state index contributed by atoms with van der Waals surface area (Å²) >= 11 is 8.70. The van der Waals surface area contributed by atoms with Crippen LogP contribution in [0.25, 0.3) is 11.0 Å². The third kappa shape index (κ3) is 3.37. The molecule has 1 aliphatic rings. The van der Waals surface area contributed by atoms with Crippen molar-refractivity contribution < 1.29 is 0 Å². The molecule has 1 aromatic heterocycles. The second-order valence-corrected chi connectivity index (χ2v) is 7.98. The molecule has 3 rings (SSSR count). The van der Waals surface area contributed by atoms with Crippen LogP contribution in [0, 0.1) is 9.49 Å². The molecule has 1 unspecified atom stereocenters. The van der Waals surface area contributed by atoms with Crippen molar-refractivity contribution in [3.05, 3.63) is 27.6 Å². The molecule has 1 aliphatic heterocycles. The van der Waals surface area contributed by atoms with E-state index >= 15 is 0 Å². The van der Waals surface area contributed by atoms with Gasteiger partial charge in [-0.25, -0.2) is 4.98 Å². The van der Waals surface area contributed by atoms with Gasteiger partial charge in [-0.15, -0.1) is 11.6 Å². The fraction of sp³-hybridized carbons (Fsp3) is 0.562. The molecular weight excluding hydrogens is 397 g/mol. The number of imidazole rings is 1. The smallest absolute Gasteiger partial charge is 0.127 e. The zero-order valence-corrected chi connectivity index (χ0v) is 15.4. The van der Waals surface area contributed by atoms with E-state index in [9.17, 15) is 0 Å². The molecule has 0 N–H and O–H groups in total. The van der Waals surface area contributed by atoms with Crippen LogP contribution >= 0.6 is 34.2 Å². The van der Waals surface area contributed by atoms with E-state index in [2.05, 4.69) is 57.3 Å². The first-order valence-corrected chi connectivity index (χ1v) is 9.04. The number of nitrogens with zero attached hydrogens (tertiary/aromatic N) is 3. The minimum Gasteiger partial charge on any atom is -0.326 e. The molecule has 114 valence electrons. The number of benzene rings is 1. The van der Waals surface area contributed by atoms with Crippen molar-refractivity contribution in [3.63, 3.8) is 0 Å². The average molecular weight is 418 g/mol. The first-order chi connectivity index (χ1) is 10.0. The van der Waals surface area contributed by atoms with Gasteiger partial charge in [-0.3, -0.25) is 0 Å².